The number of hydrogen-bond donors (Lipinski definition) is 1. The van der Waals surface area contributed by atoms with Crippen LogP contribution in [0, 0.1) is 6.92 Å². The highest BCUT2D eigenvalue weighted by Crippen LogP contribution is 2.26. The molecule has 8 heteroatoms. The molecule has 6 nitrogen and oxygen atoms in total. The topological polar surface area (TPSA) is 69.0 Å². The lowest BCUT2D eigenvalue weighted by atomic mass is 10.1. The first-order chi connectivity index (χ1) is 11.0. The Morgan fingerprint density at radius 3 is 3.04 bits per heavy atom. The molecular weight excluding hydrogens is 339 g/mol. The van der Waals surface area contributed by atoms with Crippen molar-refractivity contribution in [2.45, 2.75) is 32.4 Å². The van der Waals surface area contributed by atoms with Gasteiger partial charge in [0.2, 0.25) is 0 Å². The van der Waals surface area contributed by atoms with Gasteiger partial charge in [-0.05, 0) is 31.9 Å². The highest BCUT2D eigenvalue weighted by atomic mass is 35.5. The van der Waals surface area contributed by atoms with Crippen LogP contribution in [0.3, 0.4) is 0 Å². The van der Waals surface area contributed by atoms with Gasteiger partial charge in [-0.2, -0.15) is 5.10 Å². The van der Waals surface area contributed by atoms with Crippen molar-refractivity contribution < 1.29 is 9.53 Å². The van der Waals surface area contributed by atoms with Crippen molar-refractivity contribution in [3.63, 3.8) is 0 Å². The Morgan fingerprint density at radius 1 is 1.43 bits per heavy atom. The Hall–Kier alpha value is -1.79. The molecule has 0 saturated heterocycles. The largest absolute Gasteiger partial charge is 0.484 e. The molecule has 1 aromatic carbocycles. The number of nitrogens with one attached hydrogen (secondary N) is 1. The first-order valence-corrected chi connectivity index (χ1v) is 8.07. The summed E-state index contributed by atoms with van der Waals surface area (Å²) in [6.07, 6.45) is 1.80. The van der Waals surface area contributed by atoms with Crippen molar-refractivity contribution in [3.05, 3.63) is 39.9 Å². The third-order valence-corrected chi connectivity index (χ3v) is 4.32. The second-order valence-electron chi connectivity index (χ2n) is 5.37. The third kappa shape index (κ3) is 3.76. The Balaban J connectivity index is 1.58. The molecule has 0 radical (unpaired) electrons. The van der Waals surface area contributed by atoms with E-state index in [0.29, 0.717) is 21.6 Å². The number of hydrogen-bond acceptors (Lipinski definition) is 4. The number of rotatable bonds is 4. The molecule has 1 aliphatic rings. The molecule has 0 bridgehead atoms. The molecule has 23 heavy (non-hydrogen) atoms. The molecule has 1 amide bonds. The molecule has 0 saturated carbocycles. The zero-order valence-corrected chi connectivity index (χ0v) is 14.1. The van der Waals surface area contributed by atoms with E-state index in [2.05, 4.69) is 15.4 Å². The van der Waals surface area contributed by atoms with Crippen LogP contribution in [0.5, 0.6) is 5.75 Å². The van der Waals surface area contributed by atoms with Crippen molar-refractivity contribution in [2.24, 2.45) is 0 Å². The van der Waals surface area contributed by atoms with E-state index >= 15 is 0 Å². The number of ether oxygens (including phenoxy) is 1. The molecule has 2 aromatic rings. The van der Waals surface area contributed by atoms with Crippen LogP contribution < -0.4 is 10.1 Å². The summed E-state index contributed by atoms with van der Waals surface area (Å²) >= 11 is 11.8. The maximum atomic E-state index is 12.1. The van der Waals surface area contributed by atoms with Gasteiger partial charge in [0.1, 0.15) is 17.4 Å². The number of carbonyl (C=O) groups is 1. The number of carbonyl (C=O) groups excluding carboxylic acids is 1. The van der Waals surface area contributed by atoms with Gasteiger partial charge in [-0.25, -0.2) is 9.67 Å². The third-order valence-electron chi connectivity index (χ3n) is 3.58. The first-order valence-electron chi connectivity index (χ1n) is 7.31. The summed E-state index contributed by atoms with van der Waals surface area (Å²) in [6.45, 7) is 2.58. The average Bonchev–Trinajstić information content (AvgIpc) is 2.90. The second-order valence-corrected chi connectivity index (χ2v) is 6.18. The van der Waals surface area contributed by atoms with E-state index in [0.717, 1.165) is 25.2 Å². The van der Waals surface area contributed by atoms with Crippen molar-refractivity contribution in [1.29, 1.82) is 0 Å². The summed E-state index contributed by atoms with van der Waals surface area (Å²) in [5.74, 6) is 1.80. The lowest BCUT2D eigenvalue weighted by Gasteiger charge is -2.23. The van der Waals surface area contributed by atoms with E-state index in [1.54, 1.807) is 18.2 Å². The minimum absolute atomic E-state index is 0.0957. The minimum Gasteiger partial charge on any atom is -0.484 e. The smallest absolute Gasteiger partial charge is 0.258 e. The van der Waals surface area contributed by atoms with Crippen LogP contribution in [0.1, 0.15) is 30.5 Å². The van der Waals surface area contributed by atoms with E-state index in [9.17, 15) is 4.79 Å². The highest BCUT2D eigenvalue weighted by Gasteiger charge is 2.25. The van der Waals surface area contributed by atoms with Crippen molar-refractivity contribution >= 4 is 29.1 Å². The molecule has 122 valence electrons. The Bertz CT molecular complexity index is 732. The number of aryl methyl sites for hydroxylation is 2. The van der Waals surface area contributed by atoms with Crippen molar-refractivity contribution in [3.8, 4) is 5.75 Å². The maximum absolute atomic E-state index is 12.1. The summed E-state index contributed by atoms with van der Waals surface area (Å²) in [7, 11) is 0. The predicted octanol–water partition coefficient (Wildman–Crippen LogP) is 2.92. The molecule has 1 aliphatic heterocycles. The number of halogens is 2. The number of fused-ring (bicyclic) bond motifs is 1. The van der Waals surface area contributed by atoms with E-state index in [4.69, 9.17) is 27.9 Å². The Kier molecular flexibility index (Phi) is 4.73. The zero-order valence-electron chi connectivity index (χ0n) is 12.6. The number of benzene rings is 1. The van der Waals surface area contributed by atoms with E-state index in [1.807, 2.05) is 11.6 Å². The average molecular weight is 355 g/mol. The predicted molar refractivity (Wildman–Crippen MR) is 86.8 cm³/mol. The second kappa shape index (κ2) is 6.76. The normalized spacial score (nSPS) is 16.7. The molecule has 1 aromatic heterocycles. The van der Waals surface area contributed by atoms with Crippen LogP contribution in [0.25, 0.3) is 0 Å². The standard InChI is InChI=1S/C15H16Cl2N4O2/c1-9-18-15-13(3-2-6-21(15)20-9)19-14(22)8-23-10-4-5-11(16)12(17)7-10/h4-5,7,13H,2-3,6,8H2,1H3,(H,19,22)/t13-/m1/s1. The molecule has 0 unspecified atom stereocenters. The van der Waals surface area contributed by atoms with Gasteiger partial charge in [0.05, 0.1) is 16.1 Å². The SMILES string of the molecule is Cc1nc2n(n1)CCC[C@H]2NC(=O)COc1ccc(Cl)c(Cl)c1. The van der Waals surface area contributed by atoms with E-state index < -0.39 is 0 Å². The zero-order chi connectivity index (χ0) is 16.4. The van der Waals surface area contributed by atoms with Crippen molar-refractivity contribution in [1.82, 2.24) is 20.1 Å². The minimum atomic E-state index is -0.213. The van der Waals surface area contributed by atoms with Crippen molar-refractivity contribution in [2.75, 3.05) is 6.61 Å². The van der Waals surface area contributed by atoms with E-state index in [-0.39, 0.29) is 18.6 Å². The quantitative estimate of drug-likeness (QED) is 0.916. The van der Waals surface area contributed by atoms with Gasteiger partial charge < -0.3 is 10.1 Å². The molecular formula is C15H16Cl2N4O2. The van der Waals surface area contributed by atoms with Gasteiger partial charge in [-0.1, -0.05) is 23.2 Å². The van der Waals surface area contributed by atoms with Crippen LogP contribution in [0.4, 0.5) is 0 Å². The van der Waals surface area contributed by atoms with E-state index in [1.165, 1.54) is 0 Å². The van der Waals surface area contributed by atoms with Crippen LogP contribution in [-0.4, -0.2) is 27.3 Å². The van der Waals surface area contributed by atoms with Gasteiger partial charge in [0.15, 0.2) is 6.61 Å². The molecule has 0 spiro atoms. The van der Waals surface area contributed by atoms with Gasteiger partial charge in [0.25, 0.3) is 5.91 Å². The van der Waals surface area contributed by atoms with Gasteiger partial charge >= 0.3 is 0 Å². The first kappa shape index (κ1) is 16.1. The lowest BCUT2D eigenvalue weighted by Crippen LogP contribution is -2.36. The van der Waals surface area contributed by atoms with Gasteiger partial charge in [-0.15, -0.1) is 0 Å². The summed E-state index contributed by atoms with van der Waals surface area (Å²) in [4.78, 5) is 16.5. The molecule has 1 atom stereocenters. The fourth-order valence-corrected chi connectivity index (χ4v) is 2.84. The maximum Gasteiger partial charge on any atom is 0.258 e. The Morgan fingerprint density at radius 2 is 2.26 bits per heavy atom. The number of amides is 1. The molecule has 1 N–H and O–H groups in total. The summed E-state index contributed by atoms with van der Waals surface area (Å²) in [5.41, 5.74) is 0. The summed E-state index contributed by atoms with van der Waals surface area (Å²) in [5, 5.41) is 8.09. The molecule has 0 aliphatic carbocycles. The van der Waals surface area contributed by atoms with Crippen LogP contribution in [-0.2, 0) is 11.3 Å². The Labute approximate surface area is 143 Å². The van der Waals surface area contributed by atoms with Crippen LogP contribution >= 0.6 is 23.2 Å². The summed E-state index contributed by atoms with van der Waals surface area (Å²) < 4.78 is 7.29. The van der Waals surface area contributed by atoms with Crippen LogP contribution in [0.15, 0.2) is 18.2 Å². The van der Waals surface area contributed by atoms with Gasteiger partial charge in [0, 0.05) is 12.6 Å². The monoisotopic (exact) mass is 354 g/mol. The molecule has 2 heterocycles. The number of nitrogens with zero attached hydrogens (tertiary/aromatic N) is 3. The fraction of sp³-hybridized carbons (Fsp3) is 0.400. The van der Waals surface area contributed by atoms with Crippen LogP contribution in [0.2, 0.25) is 10.0 Å². The number of aromatic nitrogens is 3. The molecule has 3 rings (SSSR count). The highest BCUT2D eigenvalue weighted by molar-refractivity contribution is 6.42. The fourth-order valence-electron chi connectivity index (χ4n) is 2.56. The lowest BCUT2D eigenvalue weighted by molar-refractivity contribution is -0.124. The summed E-state index contributed by atoms with van der Waals surface area (Å²) in [6, 6.07) is 4.75. The molecule has 0 fully saturated rings. The van der Waals surface area contributed by atoms with Gasteiger partial charge in [-0.3, -0.25) is 4.79 Å².